The van der Waals surface area contributed by atoms with E-state index in [4.69, 9.17) is 4.98 Å². The number of amides is 1. The van der Waals surface area contributed by atoms with Crippen LogP contribution in [0, 0.1) is 0 Å². The van der Waals surface area contributed by atoms with E-state index in [1.807, 2.05) is 67.5 Å². The molecule has 0 aliphatic carbocycles. The molecule has 1 N–H and O–H groups in total. The predicted octanol–water partition coefficient (Wildman–Crippen LogP) is 2.26. The lowest BCUT2D eigenvalue weighted by Gasteiger charge is -2.18. The normalized spacial score (nSPS) is 13.2. The van der Waals surface area contributed by atoms with Crippen LogP contribution < -0.4 is 11.2 Å². The van der Waals surface area contributed by atoms with Gasteiger partial charge < -0.3 is 9.80 Å². The highest BCUT2D eigenvalue weighted by molar-refractivity contribution is 6.10. The van der Waals surface area contributed by atoms with Gasteiger partial charge in [-0.1, -0.05) is 48.5 Å². The summed E-state index contributed by atoms with van der Waals surface area (Å²) in [5, 5.41) is 0.228. The number of aromatic amines is 1. The van der Waals surface area contributed by atoms with Crippen molar-refractivity contribution in [1.82, 2.24) is 24.3 Å². The molecule has 1 aliphatic rings. The maximum atomic E-state index is 13.5. The third-order valence-electron chi connectivity index (χ3n) is 5.85. The number of hydrogen-bond acceptors (Lipinski definition) is 5. The minimum absolute atomic E-state index is 0.156. The van der Waals surface area contributed by atoms with Gasteiger partial charge in [-0.05, 0) is 31.8 Å². The topological polar surface area (TPSA) is 91.3 Å². The smallest absolute Gasteiger partial charge is 0.331 e. The first-order valence-corrected chi connectivity index (χ1v) is 10.7. The summed E-state index contributed by atoms with van der Waals surface area (Å²) in [5.41, 5.74) is 1.94. The minimum Gasteiger partial charge on any atom is -0.331 e. The largest absolute Gasteiger partial charge is 0.334 e. The van der Waals surface area contributed by atoms with Crippen LogP contribution in [0.5, 0.6) is 0 Å². The molecule has 8 heteroatoms. The van der Waals surface area contributed by atoms with Crippen molar-refractivity contribution in [1.29, 1.82) is 0 Å². The third kappa shape index (κ3) is 3.54. The van der Waals surface area contributed by atoms with Crippen LogP contribution in [0.1, 0.15) is 16.1 Å². The lowest BCUT2D eigenvalue weighted by Crippen LogP contribution is -2.32. The molecule has 0 saturated heterocycles. The molecule has 3 heterocycles. The minimum atomic E-state index is -0.570. The third-order valence-corrected chi connectivity index (χ3v) is 5.85. The monoisotopic (exact) mass is 441 g/mol. The second-order valence-corrected chi connectivity index (χ2v) is 8.33. The summed E-state index contributed by atoms with van der Waals surface area (Å²) in [5.74, 6) is -0.156. The Morgan fingerprint density at radius 2 is 1.61 bits per heavy atom. The van der Waals surface area contributed by atoms with E-state index in [0.717, 1.165) is 5.56 Å². The van der Waals surface area contributed by atoms with Gasteiger partial charge in [0.2, 0.25) is 0 Å². The van der Waals surface area contributed by atoms with Crippen molar-refractivity contribution in [3.8, 4) is 16.8 Å². The van der Waals surface area contributed by atoms with Gasteiger partial charge >= 0.3 is 5.69 Å². The molecule has 166 valence electrons. The van der Waals surface area contributed by atoms with Crippen LogP contribution in [0.2, 0.25) is 0 Å². The van der Waals surface area contributed by atoms with Crippen LogP contribution in [0.15, 0.2) is 70.3 Å². The van der Waals surface area contributed by atoms with Crippen LogP contribution in [-0.4, -0.2) is 57.4 Å². The quantitative estimate of drug-likeness (QED) is 0.513. The summed E-state index contributed by atoms with van der Waals surface area (Å²) in [4.78, 5) is 50.4. The van der Waals surface area contributed by atoms with Crippen LogP contribution >= 0.6 is 0 Å². The fourth-order valence-electron chi connectivity index (χ4n) is 4.28. The molecule has 33 heavy (non-hydrogen) atoms. The number of carbonyl (C=O) groups is 1. The number of hydrogen-bond donors (Lipinski definition) is 1. The van der Waals surface area contributed by atoms with Crippen molar-refractivity contribution in [2.24, 2.45) is 0 Å². The molecule has 1 amide bonds. The van der Waals surface area contributed by atoms with Crippen LogP contribution in [-0.2, 0) is 6.54 Å². The zero-order chi connectivity index (χ0) is 23.1. The Morgan fingerprint density at radius 1 is 0.939 bits per heavy atom. The number of para-hydroxylation sites is 1. The van der Waals surface area contributed by atoms with E-state index >= 15 is 0 Å². The molecular weight excluding hydrogens is 418 g/mol. The van der Waals surface area contributed by atoms with Gasteiger partial charge in [0.1, 0.15) is 0 Å². The number of H-pyrrole nitrogens is 1. The van der Waals surface area contributed by atoms with Gasteiger partial charge in [-0.15, -0.1) is 0 Å². The van der Waals surface area contributed by atoms with Gasteiger partial charge in [0, 0.05) is 18.7 Å². The molecule has 0 atom stereocenters. The number of benzene rings is 2. The number of fused-ring (bicyclic) bond motifs is 2. The van der Waals surface area contributed by atoms with Gasteiger partial charge in [0.15, 0.2) is 5.65 Å². The molecule has 0 bridgehead atoms. The summed E-state index contributed by atoms with van der Waals surface area (Å²) >= 11 is 0. The molecule has 0 spiro atoms. The van der Waals surface area contributed by atoms with E-state index in [1.54, 1.807) is 17.0 Å². The van der Waals surface area contributed by atoms with Crippen molar-refractivity contribution >= 4 is 16.9 Å². The standard InChI is InChI=1S/C25H23N5O3/c1-28(2)13-14-29-15-18-20(24(29)32)19(16-9-5-3-6-10-16)21-22(26-18)30(25(33)27-23(21)31)17-11-7-4-8-12-17/h3-12H,13-15H2,1-2H3,(H,27,31,33). The molecule has 8 nitrogen and oxygen atoms in total. The SMILES string of the molecule is CN(C)CCN1Cc2nc3c(c(-c4ccccc4)c2C1=O)c(=O)[nH]c(=O)n3-c1ccccc1. The summed E-state index contributed by atoms with van der Waals surface area (Å²) in [6, 6.07) is 18.4. The average molecular weight is 441 g/mol. The second kappa shape index (κ2) is 8.14. The first kappa shape index (κ1) is 20.8. The highest BCUT2D eigenvalue weighted by Gasteiger charge is 2.34. The first-order valence-electron chi connectivity index (χ1n) is 10.7. The molecule has 0 radical (unpaired) electrons. The number of aromatic nitrogens is 3. The Labute approximate surface area is 189 Å². The second-order valence-electron chi connectivity index (χ2n) is 8.33. The fourth-order valence-corrected chi connectivity index (χ4v) is 4.28. The van der Waals surface area contributed by atoms with E-state index in [2.05, 4.69) is 4.98 Å². The predicted molar refractivity (Wildman–Crippen MR) is 127 cm³/mol. The van der Waals surface area contributed by atoms with Crippen molar-refractivity contribution in [2.75, 3.05) is 27.2 Å². The number of nitrogens with zero attached hydrogens (tertiary/aromatic N) is 4. The van der Waals surface area contributed by atoms with Crippen molar-refractivity contribution in [3.63, 3.8) is 0 Å². The first-order chi connectivity index (χ1) is 16.0. The number of carbonyl (C=O) groups excluding carboxylic acids is 1. The molecular formula is C25H23N5O3. The van der Waals surface area contributed by atoms with E-state index in [9.17, 15) is 14.4 Å². The van der Waals surface area contributed by atoms with Crippen LogP contribution in [0.4, 0.5) is 0 Å². The highest BCUT2D eigenvalue weighted by atomic mass is 16.2. The van der Waals surface area contributed by atoms with Crippen molar-refractivity contribution in [3.05, 3.63) is 92.8 Å². The average Bonchev–Trinajstić information content (AvgIpc) is 3.12. The fraction of sp³-hybridized carbons (Fsp3) is 0.200. The molecule has 0 saturated carbocycles. The lowest BCUT2D eigenvalue weighted by atomic mass is 9.96. The number of pyridine rings is 1. The Bertz CT molecular complexity index is 1470. The van der Waals surface area contributed by atoms with E-state index in [-0.39, 0.29) is 16.9 Å². The van der Waals surface area contributed by atoms with Crippen molar-refractivity contribution in [2.45, 2.75) is 6.54 Å². The van der Waals surface area contributed by atoms with Crippen LogP contribution in [0.3, 0.4) is 0 Å². The molecule has 0 unspecified atom stereocenters. The maximum absolute atomic E-state index is 13.5. The maximum Gasteiger partial charge on any atom is 0.334 e. The lowest BCUT2D eigenvalue weighted by molar-refractivity contribution is 0.0768. The zero-order valence-electron chi connectivity index (χ0n) is 18.4. The Balaban J connectivity index is 1.86. The summed E-state index contributed by atoms with van der Waals surface area (Å²) in [6.45, 7) is 1.57. The molecule has 1 aliphatic heterocycles. The Morgan fingerprint density at radius 3 is 2.27 bits per heavy atom. The Kier molecular flexibility index (Phi) is 5.14. The van der Waals surface area contributed by atoms with Crippen LogP contribution in [0.25, 0.3) is 27.8 Å². The van der Waals surface area contributed by atoms with Gasteiger partial charge in [-0.3, -0.25) is 14.6 Å². The van der Waals surface area contributed by atoms with Gasteiger partial charge in [0.05, 0.1) is 28.9 Å². The van der Waals surface area contributed by atoms with E-state index in [0.29, 0.717) is 42.1 Å². The molecule has 4 aromatic rings. The van der Waals surface area contributed by atoms with E-state index in [1.165, 1.54) is 4.57 Å². The van der Waals surface area contributed by atoms with Gasteiger partial charge in [-0.25, -0.2) is 14.3 Å². The summed E-state index contributed by atoms with van der Waals surface area (Å²) in [7, 11) is 3.90. The molecule has 5 rings (SSSR count). The molecule has 2 aromatic carbocycles. The Hall–Kier alpha value is -4.04. The molecule has 0 fully saturated rings. The van der Waals surface area contributed by atoms with Gasteiger partial charge in [0.25, 0.3) is 11.5 Å². The summed E-state index contributed by atoms with van der Waals surface area (Å²) in [6.07, 6.45) is 0. The molecule has 2 aromatic heterocycles. The highest BCUT2D eigenvalue weighted by Crippen LogP contribution is 2.36. The van der Waals surface area contributed by atoms with Gasteiger partial charge in [-0.2, -0.15) is 0 Å². The van der Waals surface area contributed by atoms with Crippen molar-refractivity contribution < 1.29 is 4.79 Å². The zero-order valence-corrected chi connectivity index (χ0v) is 18.4. The summed E-state index contributed by atoms with van der Waals surface area (Å²) < 4.78 is 1.40. The van der Waals surface area contributed by atoms with E-state index < -0.39 is 11.2 Å². The number of likely N-dealkylation sites (N-methyl/N-ethyl adjacent to an activating group) is 1. The number of rotatable bonds is 5. The number of nitrogens with one attached hydrogen (secondary N) is 1.